The van der Waals surface area contributed by atoms with Crippen LogP contribution in [0.25, 0.3) is 0 Å². The van der Waals surface area contributed by atoms with E-state index in [9.17, 15) is 9.59 Å². The summed E-state index contributed by atoms with van der Waals surface area (Å²) in [4.78, 5) is 22.9. The Morgan fingerprint density at radius 3 is 2.15 bits per heavy atom. The van der Waals surface area contributed by atoms with Gasteiger partial charge in [-0.2, -0.15) is 0 Å². The van der Waals surface area contributed by atoms with Gasteiger partial charge in [0.15, 0.2) is 0 Å². The minimum atomic E-state index is -1.21. The van der Waals surface area contributed by atoms with Gasteiger partial charge in [0.05, 0.1) is 0 Å². The number of carbonyl (C=O) groups excluding carboxylic acids is 1. The summed E-state index contributed by atoms with van der Waals surface area (Å²) < 4.78 is 0. The fourth-order valence-electron chi connectivity index (χ4n) is 1.85. The molecule has 118 valence electrons. The standard InChI is InChI=1S/C15H30N2O3/c1-6-8-9-10-14(3,4)11-16-13(20)17-15(5,7-2)12(18)19/h6-11H2,1-5H3,(H,18,19)(H2,16,17,20). The van der Waals surface area contributed by atoms with Crippen LogP contribution in [0.4, 0.5) is 4.79 Å². The van der Waals surface area contributed by atoms with Crippen LogP contribution >= 0.6 is 0 Å². The molecule has 0 aromatic carbocycles. The van der Waals surface area contributed by atoms with Crippen molar-refractivity contribution in [2.75, 3.05) is 6.54 Å². The Morgan fingerprint density at radius 1 is 1.10 bits per heavy atom. The molecule has 0 aliphatic carbocycles. The molecular weight excluding hydrogens is 256 g/mol. The van der Waals surface area contributed by atoms with E-state index < -0.39 is 17.5 Å². The van der Waals surface area contributed by atoms with Crippen molar-refractivity contribution in [1.82, 2.24) is 10.6 Å². The van der Waals surface area contributed by atoms with E-state index in [1.165, 1.54) is 19.8 Å². The summed E-state index contributed by atoms with van der Waals surface area (Å²) >= 11 is 0. The highest BCUT2D eigenvalue weighted by Crippen LogP contribution is 2.22. The SMILES string of the molecule is CCCCCC(C)(C)CNC(=O)NC(C)(CC)C(=O)O. The van der Waals surface area contributed by atoms with Gasteiger partial charge in [-0.05, 0) is 25.2 Å². The van der Waals surface area contributed by atoms with E-state index in [1.54, 1.807) is 6.92 Å². The maximum absolute atomic E-state index is 11.8. The molecule has 5 nitrogen and oxygen atoms in total. The Labute approximate surface area is 122 Å². The van der Waals surface area contributed by atoms with Crippen molar-refractivity contribution in [3.05, 3.63) is 0 Å². The second kappa shape index (κ2) is 8.12. The molecule has 3 N–H and O–H groups in total. The van der Waals surface area contributed by atoms with Crippen LogP contribution in [0.5, 0.6) is 0 Å². The zero-order chi connectivity index (χ0) is 15.8. The van der Waals surface area contributed by atoms with Gasteiger partial charge in [-0.25, -0.2) is 9.59 Å². The summed E-state index contributed by atoms with van der Waals surface area (Å²) in [6.45, 7) is 10.2. The molecule has 0 radical (unpaired) electrons. The molecule has 0 rings (SSSR count). The first-order valence-electron chi connectivity index (χ1n) is 7.46. The summed E-state index contributed by atoms with van der Waals surface area (Å²) in [6.07, 6.45) is 4.91. The van der Waals surface area contributed by atoms with Gasteiger partial charge in [0.2, 0.25) is 0 Å². The lowest BCUT2D eigenvalue weighted by atomic mass is 9.87. The van der Waals surface area contributed by atoms with Crippen molar-refractivity contribution in [3.63, 3.8) is 0 Å². The molecule has 1 atom stereocenters. The molecule has 0 saturated carbocycles. The number of amides is 2. The van der Waals surface area contributed by atoms with Crippen molar-refractivity contribution >= 4 is 12.0 Å². The predicted molar refractivity (Wildman–Crippen MR) is 80.8 cm³/mol. The van der Waals surface area contributed by atoms with E-state index in [2.05, 4.69) is 31.4 Å². The van der Waals surface area contributed by atoms with E-state index in [4.69, 9.17) is 5.11 Å². The van der Waals surface area contributed by atoms with Crippen LogP contribution in [0.2, 0.25) is 0 Å². The molecule has 0 bridgehead atoms. The average Bonchev–Trinajstić information content (AvgIpc) is 2.36. The highest BCUT2D eigenvalue weighted by Gasteiger charge is 2.33. The number of hydrogen-bond donors (Lipinski definition) is 3. The van der Waals surface area contributed by atoms with E-state index in [1.807, 2.05) is 0 Å². The maximum atomic E-state index is 11.8. The van der Waals surface area contributed by atoms with Crippen LogP contribution in [-0.4, -0.2) is 29.2 Å². The van der Waals surface area contributed by atoms with E-state index in [0.29, 0.717) is 13.0 Å². The molecule has 0 heterocycles. The number of unbranched alkanes of at least 4 members (excludes halogenated alkanes) is 2. The first-order valence-corrected chi connectivity index (χ1v) is 7.46. The zero-order valence-corrected chi connectivity index (χ0v) is 13.5. The van der Waals surface area contributed by atoms with Crippen LogP contribution in [0, 0.1) is 5.41 Å². The van der Waals surface area contributed by atoms with Crippen molar-refractivity contribution in [2.45, 2.75) is 72.3 Å². The number of urea groups is 1. The lowest BCUT2D eigenvalue weighted by molar-refractivity contribution is -0.143. The van der Waals surface area contributed by atoms with Gasteiger partial charge < -0.3 is 15.7 Å². The molecule has 0 aliphatic heterocycles. The normalized spacial score (nSPS) is 14.4. The zero-order valence-electron chi connectivity index (χ0n) is 13.5. The van der Waals surface area contributed by atoms with Crippen molar-refractivity contribution in [1.29, 1.82) is 0 Å². The Kier molecular flexibility index (Phi) is 7.61. The monoisotopic (exact) mass is 286 g/mol. The fourth-order valence-corrected chi connectivity index (χ4v) is 1.85. The number of carboxylic acid groups (broad SMARTS) is 1. The Balaban J connectivity index is 4.24. The van der Waals surface area contributed by atoms with E-state index in [0.717, 1.165) is 12.8 Å². The summed E-state index contributed by atoms with van der Waals surface area (Å²) in [5, 5.41) is 14.4. The van der Waals surface area contributed by atoms with Gasteiger partial charge in [0.1, 0.15) is 5.54 Å². The highest BCUT2D eigenvalue weighted by molar-refractivity contribution is 5.85. The van der Waals surface area contributed by atoms with Crippen LogP contribution in [-0.2, 0) is 4.79 Å². The Hall–Kier alpha value is -1.26. The molecule has 0 aromatic heterocycles. The first kappa shape index (κ1) is 18.7. The Bertz CT molecular complexity index is 329. The lowest BCUT2D eigenvalue weighted by Crippen LogP contribution is -2.55. The third-order valence-corrected chi connectivity index (χ3v) is 3.75. The topological polar surface area (TPSA) is 78.4 Å². The van der Waals surface area contributed by atoms with Gasteiger partial charge in [0.25, 0.3) is 0 Å². The smallest absolute Gasteiger partial charge is 0.329 e. The quantitative estimate of drug-likeness (QED) is 0.570. The summed E-state index contributed by atoms with van der Waals surface area (Å²) in [5.41, 5.74) is -1.19. The van der Waals surface area contributed by atoms with Crippen LogP contribution in [0.15, 0.2) is 0 Å². The predicted octanol–water partition coefficient (Wildman–Crippen LogP) is 3.15. The molecule has 2 amide bonds. The van der Waals surface area contributed by atoms with Gasteiger partial charge >= 0.3 is 12.0 Å². The average molecular weight is 286 g/mol. The third kappa shape index (κ3) is 6.78. The molecule has 0 spiro atoms. The molecule has 0 fully saturated rings. The molecule has 0 saturated heterocycles. The summed E-state index contributed by atoms with van der Waals surface area (Å²) in [6, 6.07) is -0.416. The van der Waals surface area contributed by atoms with Gasteiger partial charge in [-0.1, -0.05) is 47.0 Å². The molecular formula is C15H30N2O3. The van der Waals surface area contributed by atoms with Crippen molar-refractivity contribution in [2.24, 2.45) is 5.41 Å². The maximum Gasteiger partial charge on any atom is 0.329 e. The van der Waals surface area contributed by atoms with E-state index >= 15 is 0 Å². The third-order valence-electron chi connectivity index (χ3n) is 3.75. The van der Waals surface area contributed by atoms with Gasteiger partial charge in [-0.3, -0.25) is 0 Å². The van der Waals surface area contributed by atoms with Crippen LogP contribution < -0.4 is 10.6 Å². The van der Waals surface area contributed by atoms with Crippen LogP contribution in [0.1, 0.15) is 66.7 Å². The summed E-state index contributed by atoms with van der Waals surface area (Å²) in [7, 11) is 0. The van der Waals surface area contributed by atoms with Crippen LogP contribution in [0.3, 0.4) is 0 Å². The number of aliphatic carboxylic acids is 1. The largest absolute Gasteiger partial charge is 0.480 e. The lowest BCUT2D eigenvalue weighted by Gasteiger charge is -2.28. The molecule has 20 heavy (non-hydrogen) atoms. The molecule has 0 aliphatic rings. The van der Waals surface area contributed by atoms with Crippen molar-refractivity contribution in [3.8, 4) is 0 Å². The number of carbonyl (C=O) groups is 2. The molecule has 1 unspecified atom stereocenters. The fraction of sp³-hybridized carbons (Fsp3) is 0.867. The molecule has 5 heteroatoms. The first-order chi connectivity index (χ1) is 9.17. The Morgan fingerprint density at radius 2 is 1.70 bits per heavy atom. The van der Waals surface area contributed by atoms with E-state index in [-0.39, 0.29) is 5.41 Å². The minimum Gasteiger partial charge on any atom is -0.480 e. The number of carboxylic acids is 1. The molecule has 0 aromatic rings. The van der Waals surface area contributed by atoms with Gasteiger partial charge in [0, 0.05) is 6.54 Å². The second-order valence-corrected chi connectivity index (χ2v) is 6.42. The second-order valence-electron chi connectivity index (χ2n) is 6.42. The number of nitrogens with one attached hydrogen (secondary N) is 2. The number of hydrogen-bond acceptors (Lipinski definition) is 2. The highest BCUT2D eigenvalue weighted by atomic mass is 16.4. The minimum absolute atomic E-state index is 0.0261. The van der Waals surface area contributed by atoms with Gasteiger partial charge in [-0.15, -0.1) is 0 Å². The van der Waals surface area contributed by atoms with Crippen molar-refractivity contribution < 1.29 is 14.7 Å². The summed E-state index contributed by atoms with van der Waals surface area (Å²) in [5.74, 6) is -1.02. The number of rotatable bonds is 9.